The van der Waals surface area contributed by atoms with E-state index in [1.807, 2.05) is 29.2 Å². The van der Waals surface area contributed by atoms with Crippen molar-refractivity contribution in [3.8, 4) is 0 Å². The lowest BCUT2D eigenvalue weighted by Gasteiger charge is -2.20. The number of hydrogen-bond donors (Lipinski definition) is 1. The topological polar surface area (TPSA) is 69.7 Å². The number of hydrogen-bond acceptors (Lipinski definition) is 4. The van der Waals surface area contributed by atoms with Crippen molar-refractivity contribution in [3.05, 3.63) is 29.8 Å². The van der Waals surface area contributed by atoms with E-state index in [0.29, 0.717) is 19.6 Å². The van der Waals surface area contributed by atoms with Crippen molar-refractivity contribution in [3.63, 3.8) is 0 Å². The van der Waals surface area contributed by atoms with E-state index < -0.39 is 10.0 Å². The number of carbonyl (C=O) groups excluding carboxylic acids is 1. The number of nitrogens with zero attached hydrogens (tertiary/aromatic N) is 2. The van der Waals surface area contributed by atoms with Gasteiger partial charge in [-0.25, -0.2) is 12.7 Å². The van der Waals surface area contributed by atoms with Gasteiger partial charge >= 0.3 is 0 Å². The van der Waals surface area contributed by atoms with Crippen LogP contribution in [0.5, 0.6) is 0 Å². The summed E-state index contributed by atoms with van der Waals surface area (Å²) < 4.78 is 24.7. The standard InChI is InChI=1S/C16H25N3O3S/c1-3-14-7-4-5-8-15(14)17-16(20)13-18-9-6-10-19(12-11-18)23(2,21)22/h4-5,7-8H,3,6,9-13H2,1-2H3,(H,17,20). The molecule has 0 saturated carbocycles. The normalized spacial score (nSPS) is 17.7. The number of rotatable bonds is 5. The molecule has 2 rings (SSSR count). The summed E-state index contributed by atoms with van der Waals surface area (Å²) in [4.78, 5) is 14.3. The van der Waals surface area contributed by atoms with Gasteiger partial charge in [-0.3, -0.25) is 9.69 Å². The zero-order chi connectivity index (χ0) is 16.9. The van der Waals surface area contributed by atoms with Gasteiger partial charge in [0.2, 0.25) is 15.9 Å². The average Bonchev–Trinajstić information content (AvgIpc) is 2.73. The second kappa shape index (κ2) is 7.90. The Balaban J connectivity index is 1.90. The van der Waals surface area contributed by atoms with Gasteiger partial charge in [0.25, 0.3) is 0 Å². The van der Waals surface area contributed by atoms with Gasteiger partial charge in [0.15, 0.2) is 0 Å². The zero-order valence-corrected chi connectivity index (χ0v) is 14.6. The molecule has 1 fully saturated rings. The first-order valence-corrected chi connectivity index (χ1v) is 9.80. The summed E-state index contributed by atoms with van der Waals surface area (Å²) in [5, 5.41) is 2.96. The Labute approximate surface area is 138 Å². The molecule has 1 aliphatic heterocycles. The first-order chi connectivity index (χ1) is 10.9. The molecule has 0 atom stereocenters. The van der Waals surface area contributed by atoms with Crippen LogP contribution in [-0.4, -0.2) is 62.5 Å². The maximum atomic E-state index is 12.3. The first-order valence-electron chi connectivity index (χ1n) is 7.95. The fraction of sp³-hybridized carbons (Fsp3) is 0.562. The van der Waals surface area contributed by atoms with Gasteiger partial charge in [-0.05, 0) is 31.0 Å². The van der Waals surface area contributed by atoms with E-state index in [1.165, 1.54) is 10.6 Å². The molecule has 128 valence electrons. The number of para-hydroxylation sites is 1. The van der Waals surface area contributed by atoms with Gasteiger partial charge < -0.3 is 5.32 Å². The van der Waals surface area contributed by atoms with E-state index in [2.05, 4.69) is 12.2 Å². The van der Waals surface area contributed by atoms with Gasteiger partial charge in [-0.15, -0.1) is 0 Å². The van der Waals surface area contributed by atoms with Crippen LogP contribution in [0.3, 0.4) is 0 Å². The summed E-state index contributed by atoms with van der Waals surface area (Å²) >= 11 is 0. The summed E-state index contributed by atoms with van der Waals surface area (Å²) in [6.07, 6.45) is 2.84. The third-order valence-corrected chi connectivity index (χ3v) is 5.36. The van der Waals surface area contributed by atoms with Crippen molar-refractivity contribution >= 4 is 21.6 Å². The van der Waals surface area contributed by atoms with E-state index in [9.17, 15) is 13.2 Å². The predicted molar refractivity (Wildman–Crippen MR) is 91.9 cm³/mol. The van der Waals surface area contributed by atoms with Crippen LogP contribution < -0.4 is 5.32 Å². The zero-order valence-electron chi connectivity index (χ0n) is 13.8. The molecule has 0 radical (unpaired) electrons. The first kappa shape index (κ1) is 17.9. The van der Waals surface area contributed by atoms with Crippen molar-refractivity contribution in [2.75, 3.05) is 44.3 Å². The molecule has 0 aliphatic carbocycles. The fourth-order valence-electron chi connectivity index (χ4n) is 2.78. The van der Waals surface area contributed by atoms with E-state index in [4.69, 9.17) is 0 Å². The van der Waals surface area contributed by atoms with Gasteiger partial charge in [0, 0.05) is 25.3 Å². The van der Waals surface area contributed by atoms with E-state index >= 15 is 0 Å². The molecule has 6 nitrogen and oxygen atoms in total. The van der Waals surface area contributed by atoms with Crippen molar-refractivity contribution in [1.82, 2.24) is 9.21 Å². The second-order valence-corrected chi connectivity index (χ2v) is 7.83. The van der Waals surface area contributed by atoms with Crippen LogP contribution in [0.2, 0.25) is 0 Å². The summed E-state index contributed by atoms with van der Waals surface area (Å²) in [5.74, 6) is -0.0568. The number of amides is 1. The highest BCUT2D eigenvalue weighted by Crippen LogP contribution is 2.15. The molecular weight excluding hydrogens is 314 g/mol. The maximum absolute atomic E-state index is 12.3. The molecule has 0 aromatic heterocycles. The van der Waals surface area contributed by atoms with Crippen LogP contribution in [0.25, 0.3) is 0 Å². The highest BCUT2D eigenvalue weighted by molar-refractivity contribution is 7.88. The molecule has 0 spiro atoms. The maximum Gasteiger partial charge on any atom is 0.238 e. The van der Waals surface area contributed by atoms with Crippen LogP contribution >= 0.6 is 0 Å². The average molecular weight is 339 g/mol. The van der Waals surface area contributed by atoms with Crippen molar-refractivity contribution < 1.29 is 13.2 Å². The van der Waals surface area contributed by atoms with Crippen molar-refractivity contribution in [1.29, 1.82) is 0 Å². The number of sulfonamides is 1. The summed E-state index contributed by atoms with van der Waals surface area (Å²) in [7, 11) is -3.15. The van der Waals surface area contributed by atoms with E-state index in [1.54, 1.807) is 0 Å². The van der Waals surface area contributed by atoms with Crippen molar-refractivity contribution in [2.45, 2.75) is 19.8 Å². The minimum absolute atomic E-state index is 0.0568. The fourth-order valence-corrected chi connectivity index (χ4v) is 3.65. The Bertz CT molecular complexity index is 646. The van der Waals surface area contributed by atoms with Crippen LogP contribution in [0.1, 0.15) is 18.9 Å². The minimum Gasteiger partial charge on any atom is -0.325 e. The highest BCUT2D eigenvalue weighted by atomic mass is 32.2. The third kappa shape index (κ3) is 5.30. The lowest BCUT2D eigenvalue weighted by atomic mass is 10.1. The van der Waals surface area contributed by atoms with Gasteiger partial charge in [-0.2, -0.15) is 0 Å². The number of nitrogens with one attached hydrogen (secondary N) is 1. The summed E-state index contributed by atoms with van der Waals surface area (Å²) in [6.45, 7) is 4.62. The Morgan fingerprint density at radius 1 is 1.17 bits per heavy atom. The predicted octanol–water partition coefficient (Wildman–Crippen LogP) is 1.15. The molecule has 23 heavy (non-hydrogen) atoms. The molecule has 1 N–H and O–H groups in total. The monoisotopic (exact) mass is 339 g/mol. The number of benzene rings is 1. The molecular formula is C16H25N3O3S. The number of carbonyl (C=O) groups is 1. The molecule has 0 bridgehead atoms. The van der Waals surface area contributed by atoms with Crippen LogP contribution in [0.4, 0.5) is 5.69 Å². The van der Waals surface area contributed by atoms with E-state index in [-0.39, 0.29) is 12.5 Å². The second-order valence-electron chi connectivity index (χ2n) is 5.85. The smallest absolute Gasteiger partial charge is 0.238 e. The summed E-state index contributed by atoms with van der Waals surface area (Å²) in [6, 6.07) is 7.78. The number of aryl methyl sites for hydroxylation is 1. The van der Waals surface area contributed by atoms with Crippen LogP contribution in [0.15, 0.2) is 24.3 Å². The van der Waals surface area contributed by atoms with Gasteiger partial charge in [0.05, 0.1) is 12.8 Å². The minimum atomic E-state index is -3.15. The molecule has 1 amide bonds. The Kier molecular flexibility index (Phi) is 6.15. The van der Waals surface area contributed by atoms with Gasteiger partial charge in [0.1, 0.15) is 0 Å². The van der Waals surface area contributed by atoms with Crippen LogP contribution in [0, 0.1) is 0 Å². The van der Waals surface area contributed by atoms with Crippen LogP contribution in [-0.2, 0) is 21.2 Å². The largest absolute Gasteiger partial charge is 0.325 e. The van der Waals surface area contributed by atoms with E-state index in [0.717, 1.165) is 30.6 Å². The Morgan fingerprint density at radius 3 is 2.61 bits per heavy atom. The highest BCUT2D eigenvalue weighted by Gasteiger charge is 2.22. The Hall–Kier alpha value is -1.44. The molecule has 1 saturated heterocycles. The molecule has 1 heterocycles. The summed E-state index contributed by atoms with van der Waals surface area (Å²) in [5.41, 5.74) is 1.97. The lowest BCUT2D eigenvalue weighted by molar-refractivity contribution is -0.117. The SMILES string of the molecule is CCc1ccccc1NC(=O)CN1CCCN(S(C)(=O)=O)CC1. The molecule has 0 unspecified atom stereocenters. The number of anilines is 1. The third-order valence-electron chi connectivity index (χ3n) is 4.06. The van der Waals surface area contributed by atoms with Crippen molar-refractivity contribution in [2.24, 2.45) is 0 Å². The molecule has 7 heteroatoms. The lowest BCUT2D eigenvalue weighted by Crippen LogP contribution is -2.37. The quantitative estimate of drug-likeness (QED) is 0.874. The molecule has 1 aliphatic rings. The molecule has 1 aromatic carbocycles. The Morgan fingerprint density at radius 2 is 1.91 bits per heavy atom. The molecule has 1 aromatic rings. The van der Waals surface area contributed by atoms with Gasteiger partial charge in [-0.1, -0.05) is 25.1 Å².